The third-order valence-corrected chi connectivity index (χ3v) is 3.38. The fraction of sp³-hybridized carbons (Fsp3) is 0.235. The summed E-state index contributed by atoms with van der Waals surface area (Å²) in [6.07, 6.45) is 3.29. The molecule has 0 aliphatic heterocycles. The molecule has 0 saturated heterocycles. The van der Waals surface area contributed by atoms with E-state index in [9.17, 15) is 4.79 Å². The molecule has 0 aliphatic carbocycles. The summed E-state index contributed by atoms with van der Waals surface area (Å²) in [6, 6.07) is 11.5. The number of ether oxygens (including phenoxy) is 1. The number of benzene rings is 1. The second-order valence-electron chi connectivity index (χ2n) is 5.55. The van der Waals surface area contributed by atoms with Gasteiger partial charge in [-0.15, -0.1) is 0 Å². The SMILES string of the molecule is CN(C)/C=N/c1nc2cc[nH]c2c(=O)n1COCc1ccccc1. The van der Waals surface area contributed by atoms with E-state index < -0.39 is 0 Å². The highest BCUT2D eigenvalue weighted by atomic mass is 16.5. The topological polar surface area (TPSA) is 75.5 Å². The molecule has 0 spiro atoms. The molecule has 24 heavy (non-hydrogen) atoms. The van der Waals surface area contributed by atoms with E-state index in [1.54, 1.807) is 23.5 Å². The van der Waals surface area contributed by atoms with Crippen molar-refractivity contribution in [3.63, 3.8) is 0 Å². The van der Waals surface area contributed by atoms with Crippen LogP contribution in [0.5, 0.6) is 0 Å². The fourth-order valence-corrected chi connectivity index (χ4v) is 2.23. The monoisotopic (exact) mass is 325 g/mol. The van der Waals surface area contributed by atoms with Crippen LogP contribution in [0.1, 0.15) is 5.56 Å². The number of nitrogens with one attached hydrogen (secondary N) is 1. The minimum Gasteiger partial charge on any atom is -0.369 e. The Kier molecular flexibility index (Phi) is 4.72. The first kappa shape index (κ1) is 15.9. The Balaban J connectivity index is 1.88. The van der Waals surface area contributed by atoms with Crippen LogP contribution in [-0.2, 0) is 18.1 Å². The van der Waals surface area contributed by atoms with Gasteiger partial charge < -0.3 is 14.6 Å². The minimum atomic E-state index is -0.205. The number of nitrogens with zero attached hydrogens (tertiary/aromatic N) is 4. The van der Waals surface area contributed by atoms with Gasteiger partial charge in [-0.05, 0) is 11.6 Å². The Morgan fingerprint density at radius 3 is 2.83 bits per heavy atom. The van der Waals surface area contributed by atoms with E-state index >= 15 is 0 Å². The molecule has 2 aromatic heterocycles. The normalized spacial score (nSPS) is 11.4. The summed E-state index contributed by atoms with van der Waals surface area (Å²) in [5.41, 5.74) is 1.87. The van der Waals surface area contributed by atoms with Crippen LogP contribution >= 0.6 is 0 Å². The predicted octanol–water partition coefficient (Wildman–Crippen LogP) is 2.12. The van der Waals surface area contributed by atoms with E-state index in [0.717, 1.165) is 5.56 Å². The van der Waals surface area contributed by atoms with E-state index in [4.69, 9.17) is 4.74 Å². The van der Waals surface area contributed by atoms with Crippen molar-refractivity contribution in [2.24, 2.45) is 4.99 Å². The molecule has 0 fully saturated rings. The van der Waals surface area contributed by atoms with E-state index in [2.05, 4.69) is 15.0 Å². The molecular weight excluding hydrogens is 306 g/mol. The molecule has 1 aromatic carbocycles. The van der Waals surface area contributed by atoms with Gasteiger partial charge in [-0.25, -0.2) is 9.98 Å². The Bertz CT molecular complexity index is 896. The van der Waals surface area contributed by atoms with Crippen LogP contribution < -0.4 is 5.56 Å². The van der Waals surface area contributed by atoms with Crippen molar-refractivity contribution in [3.8, 4) is 0 Å². The predicted molar refractivity (Wildman–Crippen MR) is 93.4 cm³/mol. The number of hydrogen-bond donors (Lipinski definition) is 1. The highest BCUT2D eigenvalue weighted by Gasteiger charge is 2.11. The van der Waals surface area contributed by atoms with E-state index in [1.807, 2.05) is 44.4 Å². The van der Waals surface area contributed by atoms with Crippen LogP contribution in [0.15, 0.2) is 52.4 Å². The van der Waals surface area contributed by atoms with Crippen LogP contribution in [-0.4, -0.2) is 39.9 Å². The Hall–Kier alpha value is -2.93. The largest absolute Gasteiger partial charge is 0.369 e. The molecule has 7 heteroatoms. The van der Waals surface area contributed by atoms with Crippen molar-refractivity contribution in [2.45, 2.75) is 13.3 Å². The number of fused-ring (bicyclic) bond motifs is 1. The zero-order valence-electron chi connectivity index (χ0n) is 13.6. The molecule has 0 aliphatic rings. The van der Waals surface area contributed by atoms with Gasteiger partial charge in [0.25, 0.3) is 5.56 Å². The van der Waals surface area contributed by atoms with Gasteiger partial charge in [-0.1, -0.05) is 30.3 Å². The minimum absolute atomic E-state index is 0.0792. The van der Waals surface area contributed by atoms with Gasteiger partial charge in [0.15, 0.2) is 0 Å². The molecule has 2 heterocycles. The number of aromatic nitrogens is 3. The van der Waals surface area contributed by atoms with Crippen molar-refractivity contribution in [2.75, 3.05) is 14.1 Å². The van der Waals surface area contributed by atoms with E-state index in [-0.39, 0.29) is 12.3 Å². The molecule has 3 rings (SSSR count). The highest BCUT2D eigenvalue weighted by molar-refractivity contribution is 5.75. The lowest BCUT2D eigenvalue weighted by atomic mass is 10.2. The Morgan fingerprint density at radius 1 is 1.29 bits per heavy atom. The second kappa shape index (κ2) is 7.10. The standard InChI is InChI=1S/C17H19N5O2/c1-21(2)11-19-17-20-14-8-9-18-15(14)16(23)22(17)12-24-10-13-6-4-3-5-7-13/h3-9,11,18H,10,12H2,1-2H3/b19-11+. The number of aromatic amines is 1. The van der Waals surface area contributed by atoms with Crippen molar-refractivity contribution in [3.05, 3.63) is 58.5 Å². The third-order valence-electron chi connectivity index (χ3n) is 3.38. The van der Waals surface area contributed by atoms with Crippen LogP contribution in [0.25, 0.3) is 11.0 Å². The summed E-state index contributed by atoms with van der Waals surface area (Å²) in [4.78, 5) is 26.0. The summed E-state index contributed by atoms with van der Waals surface area (Å²) >= 11 is 0. The third kappa shape index (κ3) is 3.52. The first-order chi connectivity index (χ1) is 11.6. The molecular formula is C17H19N5O2. The Labute approximate surface area is 139 Å². The zero-order chi connectivity index (χ0) is 16.9. The molecule has 0 bridgehead atoms. The van der Waals surface area contributed by atoms with Crippen molar-refractivity contribution >= 4 is 23.3 Å². The molecule has 1 N–H and O–H groups in total. The molecule has 0 radical (unpaired) electrons. The summed E-state index contributed by atoms with van der Waals surface area (Å²) < 4.78 is 7.10. The van der Waals surface area contributed by atoms with Gasteiger partial charge in [0.2, 0.25) is 5.95 Å². The second-order valence-corrected chi connectivity index (χ2v) is 5.55. The van der Waals surface area contributed by atoms with Crippen LogP contribution in [0.2, 0.25) is 0 Å². The summed E-state index contributed by atoms with van der Waals surface area (Å²) in [5.74, 6) is 0.314. The van der Waals surface area contributed by atoms with Gasteiger partial charge in [-0.2, -0.15) is 0 Å². The lowest BCUT2D eigenvalue weighted by molar-refractivity contribution is 0.0626. The molecule has 3 aromatic rings. The van der Waals surface area contributed by atoms with Crippen LogP contribution in [0.3, 0.4) is 0 Å². The number of rotatable bonds is 6. The van der Waals surface area contributed by atoms with Gasteiger partial charge in [0, 0.05) is 20.3 Å². The van der Waals surface area contributed by atoms with Gasteiger partial charge >= 0.3 is 0 Å². The molecule has 0 amide bonds. The lowest BCUT2D eigenvalue weighted by Crippen LogP contribution is -2.23. The molecule has 7 nitrogen and oxygen atoms in total. The van der Waals surface area contributed by atoms with E-state index in [1.165, 1.54) is 4.57 Å². The van der Waals surface area contributed by atoms with Crippen molar-refractivity contribution in [1.82, 2.24) is 19.4 Å². The first-order valence-corrected chi connectivity index (χ1v) is 7.55. The maximum Gasteiger partial charge on any atom is 0.281 e. The van der Waals surface area contributed by atoms with Crippen LogP contribution in [0.4, 0.5) is 5.95 Å². The maximum absolute atomic E-state index is 12.6. The van der Waals surface area contributed by atoms with Gasteiger partial charge in [0.05, 0.1) is 18.5 Å². The van der Waals surface area contributed by atoms with Gasteiger partial charge in [0.1, 0.15) is 12.2 Å². The summed E-state index contributed by atoms with van der Waals surface area (Å²) in [7, 11) is 3.71. The summed E-state index contributed by atoms with van der Waals surface area (Å²) in [6.45, 7) is 0.489. The molecule has 0 unspecified atom stereocenters. The maximum atomic E-state index is 12.6. The van der Waals surface area contributed by atoms with E-state index in [0.29, 0.717) is 23.6 Å². The molecule has 0 saturated carbocycles. The quantitative estimate of drug-likeness (QED) is 0.556. The zero-order valence-corrected chi connectivity index (χ0v) is 13.6. The van der Waals surface area contributed by atoms with Crippen LogP contribution in [0, 0.1) is 0 Å². The average Bonchev–Trinajstić information content (AvgIpc) is 3.05. The number of hydrogen-bond acceptors (Lipinski definition) is 4. The number of aliphatic imine (C=N–C) groups is 1. The fourth-order valence-electron chi connectivity index (χ4n) is 2.23. The Morgan fingerprint density at radius 2 is 2.08 bits per heavy atom. The molecule has 124 valence electrons. The highest BCUT2D eigenvalue weighted by Crippen LogP contribution is 2.13. The van der Waals surface area contributed by atoms with Crippen molar-refractivity contribution < 1.29 is 4.74 Å². The smallest absolute Gasteiger partial charge is 0.281 e. The average molecular weight is 325 g/mol. The lowest BCUT2D eigenvalue weighted by Gasteiger charge is -2.11. The van der Waals surface area contributed by atoms with Gasteiger partial charge in [-0.3, -0.25) is 9.36 Å². The molecule has 0 atom stereocenters. The van der Waals surface area contributed by atoms with Crippen molar-refractivity contribution in [1.29, 1.82) is 0 Å². The summed E-state index contributed by atoms with van der Waals surface area (Å²) in [5, 5.41) is 0. The number of H-pyrrole nitrogens is 1. The first-order valence-electron chi connectivity index (χ1n) is 7.55.